The van der Waals surface area contributed by atoms with Gasteiger partial charge in [-0.2, -0.15) is 0 Å². The van der Waals surface area contributed by atoms with E-state index in [0.717, 1.165) is 18.7 Å². The van der Waals surface area contributed by atoms with Crippen molar-refractivity contribution in [3.8, 4) is 0 Å². The number of aromatic nitrogens is 2. The molecule has 0 atom stereocenters. The van der Waals surface area contributed by atoms with Crippen LogP contribution in [0.2, 0.25) is 0 Å². The molecule has 1 heterocycles. The average molecular weight is 236 g/mol. The second kappa shape index (κ2) is 6.96. The van der Waals surface area contributed by atoms with Crippen molar-refractivity contribution in [3.05, 3.63) is 23.8 Å². The first kappa shape index (κ1) is 13.6. The van der Waals surface area contributed by atoms with E-state index in [1.54, 1.807) is 6.20 Å². The van der Waals surface area contributed by atoms with Crippen LogP contribution in [0.15, 0.2) is 12.5 Å². The van der Waals surface area contributed by atoms with Crippen molar-refractivity contribution in [2.75, 3.05) is 20.1 Å². The van der Waals surface area contributed by atoms with Crippen LogP contribution in [0.3, 0.4) is 0 Å². The van der Waals surface area contributed by atoms with Crippen LogP contribution in [0.25, 0.3) is 0 Å². The third-order valence-corrected chi connectivity index (χ3v) is 2.42. The summed E-state index contributed by atoms with van der Waals surface area (Å²) in [6.45, 7) is 5.58. The average Bonchev–Trinajstić information content (AvgIpc) is 2.34. The Morgan fingerprint density at radius 3 is 2.82 bits per heavy atom. The monoisotopic (exact) mass is 236 g/mol. The largest absolute Gasteiger partial charge is 0.352 e. The molecule has 0 fully saturated rings. The van der Waals surface area contributed by atoms with Crippen molar-refractivity contribution in [2.45, 2.75) is 26.2 Å². The normalized spacial score (nSPS) is 10.6. The molecule has 1 amide bonds. The van der Waals surface area contributed by atoms with Crippen LogP contribution in [-0.2, 0) is 0 Å². The van der Waals surface area contributed by atoms with Gasteiger partial charge >= 0.3 is 0 Å². The van der Waals surface area contributed by atoms with Crippen molar-refractivity contribution in [1.82, 2.24) is 20.6 Å². The maximum Gasteiger partial charge on any atom is 0.254 e. The Balaban J connectivity index is 2.62. The molecule has 1 aromatic heterocycles. The Hall–Kier alpha value is -1.49. The molecule has 0 unspecified atom stereocenters. The first-order valence-corrected chi connectivity index (χ1v) is 5.89. The lowest BCUT2D eigenvalue weighted by Crippen LogP contribution is -2.28. The SMILES string of the molecule is CNCCCNC(=O)c1cncnc1C(C)C. The first-order valence-electron chi connectivity index (χ1n) is 5.89. The Morgan fingerprint density at radius 2 is 2.18 bits per heavy atom. The van der Waals surface area contributed by atoms with Gasteiger partial charge in [0.25, 0.3) is 5.91 Å². The van der Waals surface area contributed by atoms with Crippen molar-refractivity contribution in [3.63, 3.8) is 0 Å². The molecule has 5 nitrogen and oxygen atoms in total. The van der Waals surface area contributed by atoms with E-state index < -0.39 is 0 Å². The minimum absolute atomic E-state index is 0.0922. The Morgan fingerprint density at radius 1 is 1.41 bits per heavy atom. The van der Waals surface area contributed by atoms with E-state index in [1.165, 1.54) is 6.33 Å². The predicted molar refractivity (Wildman–Crippen MR) is 67.0 cm³/mol. The molecule has 0 bridgehead atoms. The Bertz CT molecular complexity index is 365. The molecule has 1 aromatic rings. The molecule has 17 heavy (non-hydrogen) atoms. The fourth-order valence-electron chi connectivity index (χ4n) is 1.54. The molecule has 0 aliphatic heterocycles. The second-order valence-electron chi connectivity index (χ2n) is 4.19. The van der Waals surface area contributed by atoms with Gasteiger partial charge < -0.3 is 10.6 Å². The van der Waals surface area contributed by atoms with Gasteiger partial charge in [0.2, 0.25) is 0 Å². The maximum atomic E-state index is 11.9. The minimum atomic E-state index is -0.0922. The van der Waals surface area contributed by atoms with E-state index >= 15 is 0 Å². The van der Waals surface area contributed by atoms with E-state index in [0.29, 0.717) is 12.1 Å². The topological polar surface area (TPSA) is 66.9 Å². The lowest BCUT2D eigenvalue weighted by atomic mass is 10.0. The van der Waals surface area contributed by atoms with Gasteiger partial charge in [0.05, 0.1) is 11.3 Å². The number of hydrogen-bond acceptors (Lipinski definition) is 4. The Kier molecular flexibility index (Phi) is 5.56. The number of carbonyl (C=O) groups excluding carboxylic acids is 1. The van der Waals surface area contributed by atoms with Crippen LogP contribution in [0.1, 0.15) is 42.2 Å². The summed E-state index contributed by atoms with van der Waals surface area (Å²) in [6.07, 6.45) is 3.97. The van der Waals surface area contributed by atoms with Crippen LogP contribution in [0, 0.1) is 0 Å². The molecule has 94 valence electrons. The standard InChI is InChI=1S/C12H20N4O/c1-9(2)11-10(7-14-8-16-11)12(17)15-6-4-5-13-3/h7-9,13H,4-6H2,1-3H3,(H,15,17). The minimum Gasteiger partial charge on any atom is -0.352 e. The summed E-state index contributed by atoms with van der Waals surface area (Å²) < 4.78 is 0. The zero-order valence-electron chi connectivity index (χ0n) is 10.7. The lowest BCUT2D eigenvalue weighted by Gasteiger charge is -2.10. The van der Waals surface area contributed by atoms with Crippen LogP contribution in [-0.4, -0.2) is 36.0 Å². The predicted octanol–water partition coefficient (Wildman–Crippen LogP) is 0.939. The number of hydrogen-bond donors (Lipinski definition) is 2. The summed E-state index contributed by atoms with van der Waals surface area (Å²) in [6, 6.07) is 0. The third-order valence-electron chi connectivity index (χ3n) is 2.42. The molecule has 0 spiro atoms. The summed E-state index contributed by atoms with van der Waals surface area (Å²) in [5, 5.41) is 5.90. The highest BCUT2D eigenvalue weighted by Crippen LogP contribution is 2.14. The van der Waals surface area contributed by atoms with Gasteiger partial charge in [0, 0.05) is 12.7 Å². The quantitative estimate of drug-likeness (QED) is 0.721. The van der Waals surface area contributed by atoms with Gasteiger partial charge in [-0.25, -0.2) is 9.97 Å². The summed E-state index contributed by atoms with van der Waals surface area (Å²) >= 11 is 0. The molecular formula is C12H20N4O. The summed E-state index contributed by atoms with van der Waals surface area (Å²) in [7, 11) is 1.89. The molecular weight excluding hydrogens is 216 g/mol. The molecule has 0 saturated carbocycles. The third kappa shape index (κ3) is 4.11. The molecule has 1 rings (SSSR count). The smallest absolute Gasteiger partial charge is 0.254 e. The van der Waals surface area contributed by atoms with Crippen molar-refractivity contribution in [2.24, 2.45) is 0 Å². The van der Waals surface area contributed by atoms with Crippen LogP contribution in [0.4, 0.5) is 0 Å². The summed E-state index contributed by atoms with van der Waals surface area (Å²) in [5.41, 5.74) is 1.37. The molecule has 5 heteroatoms. The van der Waals surface area contributed by atoms with Gasteiger partial charge in [-0.05, 0) is 25.9 Å². The molecule has 0 saturated heterocycles. The van der Waals surface area contributed by atoms with Crippen molar-refractivity contribution in [1.29, 1.82) is 0 Å². The van der Waals surface area contributed by atoms with Gasteiger partial charge in [-0.3, -0.25) is 4.79 Å². The second-order valence-corrected chi connectivity index (χ2v) is 4.19. The van der Waals surface area contributed by atoms with Crippen LogP contribution < -0.4 is 10.6 Å². The van der Waals surface area contributed by atoms with Crippen LogP contribution in [0.5, 0.6) is 0 Å². The summed E-state index contributed by atoms with van der Waals surface area (Å²) in [4.78, 5) is 20.0. The molecule has 0 aliphatic carbocycles. The van der Waals surface area contributed by atoms with E-state index in [9.17, 15) is 4.79 Å². The van der Waals surface area contributed by atoms with Gasteiger partial charge in [0.15, 0.2) is 0 Å². The fourth-order valence-corrected chi connectivity index (χ4v) is 1.54. The lowest BCUT2D eigenvalue weighted by molar-refractivity contribution is 0.0951. The van der Waals surface area contributed by atoms with Gasteiger partial charge in [0.1, 0.15) is 6.33 Å². The molecule has 2 N–H and O–H groups in total. The number of rotatable bonds is 6. The number of nitrogens with zero attached hydrogens (tertiary/aromatic N) is 2. The van der Waals surface area contributed by atoms with E-state index in [1.807, 2.05) is 20.9 Å². The van der Waals surface area contributed by atoms with Gasteiger partial charge in [-0.1, -0.05) is 13.8 Å². The highest BCUT2D eigenvalue weighted by molar-refractivity contribution is 5.95. The molecule has 0 aromatic carbocycles. The fraction of sp³-hybridized carbons (Fsp3) is 0.583. The van der Waals surface area contributed by atoms with E-state index in [4.69, 9.17) is 0 Å². The number of amides is 1. The number of carbonyl (C=O) groups is 1. The molecule has 0 radical (unpaired) electrons. The van der Waals surface area contributed by atoms with Crippen molar-refractivity contribution < 1.29 is 4.79 Å². The van der Waals surface area contributed by atoms with Gasteiger partial charge in [-0.15, -0.1) is 0 Å². The summed E-state index contributed by atoms with van der Waals surface area (Å²) in [5.74, 6) is 0.126. The van der Waals surface area contributed by atoms with E-state index in [-0.39, 0.29) is 11.8 Å². The molecule has 0 aliphatic rings. The highest BCUT2D eigenvalue weighted by atomic mass is 16.1. The zero-order chi connectivity index (χ0) is 12.7. The Labute approximate surface area is 102 Å². The van der Waals surface area contributed by atoms with Crippen molar-refractivity contribution >= 4 is 5.91 Å². The highest BCUT2D eigenvalue weighted by Gasteiger charge is 2.14. The van der Waals surface area contributed by atoms with Crippen LogP contribution >= 0.6 is 0 Å². The maximum absolute atomic E-state index is 11.9. The zero-order valence-corrected chi connectivity index (χ0v) is 10.7. The van der Waals surface area contributed by atoms with E-state index in [2.05, 4.69) is 20.6 Å². The first-order chi connectivity index (χ1) is 8.16. The number of nitrogens with one attached hydrogen (secondary N) is 2.